The Labute approximate surface area is 225 Å². The number of hydrogen-bond donors (Lipinski definition) is 5. The fourth-order valence-electron chi connectivity index (χ4n) is 7.66. The quantitative estimate of drug-likeness (QED) is 0.350. The minimum atomic E-state index is 0.179. The molecule has 212 valence electrons. The summed E-state index contributed by atoms with van der Waals surface area (Å²) in [5, 5.41) is 18.5. The third-order valence-electron chi connectivity index (χ3n) is 10.3. The number of hydrogen-bond acceptors (Lipinski definition) is 7. The maximum atomic E-state index is 13.2. The molecular weight excluding hydrogens is 462 g/mol. The van der Waals surface area contributed by atoms with Crippen LogP contribution in [0, 0.1) is 23.7 Å². The number of piperidine rings is 1. The summed E-state index contributed by atoms with van der Waals surface area (Å²) in [5.41, 5.74) is 0. The summed E-state index contributed by atoms with van der Waals surface area (Å²) < 4.78 is 0. The smallest absolute Gasteiger partial charge is 0.223 e. The molecule has 2 aliphatic carbocycles. The average molecular weight is 518 g/mol. The van der Waals surface area contributed by atoms with E-state index in [0.717, 1.165) is 50.6 Å². The standard InChI is InChI=1S/C29H55N7O/c1-21-5-10-25(18-27(21)34-29-31-13-11-26(33-29)24-4-3-12-30-19-24)32-28(37)23-8-6-22(7-9-23)20-36-16-14-35(2)15-17-36/h21-27,29-31,33-34H,3-20H2,1-2H3,(H,32,37). The van der Waals surface area contributed by atoms with Crippen LogP contribution in [0.3, 0.4) is 0 Å². The Morgan fingerprint density at radius 3 is 2.51 bits per heavy atom. The molecule has 1 amide bonds. The molecule has 6 atom stereocenters. The van der Waals surface area contributed by atoms with Gasteiger partial charge in [-0.05, 0) is 109 Å². The molecule has 0 aromatic heterocycles. The van der Waals surface area contributed by atoms with Gasteiger partial charge in [-0.3, -0.25) is 20.7 Å². The number of carbonyl (C=O) groups excluding carboxylic acids is 1. The van der Waals surface area contributed by atoms with Crippen molar-refractivity contribution in [3.05, 3.63) is 0 Å². The maximum absolute atomic E-state index is 13.2. The molecule has 3 heterocycles. The fraction of sp³-hybridized carbons (Fsp3) is 0.966. The number of amides is 1. The van der Waals surface area contributed by atoms with Crippen LogP contribution in [-0.4, -0.2) is 99.5 Å². The van der Waals surface area contributed by atoms with E-state index in [1.165, 1.54) is 77.8 Å². The highest BCUT2D eigenvalue weighted by atomic mass is 16.1. The second-order valence-corrected chi connectivity index (χ2v) is 13.1. The molecular formula is C29H55N7O. The Morgan fingerprint density at radius 2 is 1.76 bits per heavy atom. The van der Waals surface area contributed by atoms with Crippen molar-refractivity contribution in [2.45, 2.75) is 95.5 Å². The van der Waals surface area contributed by atoms with Gasteiger partial charge in [0.05, 0.1) is 0 Å². The highest BCUT2D eigenvalue weighted by Gasteiger charge is 2.35. The predicted octanol–water partition coefficient (Wildman–Crippen LogP) is 1.54. The van der Waals surface area contributed by atoms with Crippen LogP contribution in [0.5, 0.6) is 0 Å². The van der Waals surface area contributed by atoms with Gasteiger partial charge in [-0.15, -0.1) is 0 Å². The highest BCUT2D eigenvalue weighted by molar-refractivity contribution is 5.79. The van der Waals surface area contributed by atoms with E-state index in [1.54, 1.807) is 0 Å². The van der Waals surface area contributed by atoms with Gasteiger partial charge in [0.2, 0.25) is 5.91 Å². The number of likely N-dealkylation sites (N-methyl/N-ethyl adjacent to an activating group) is 1. The monoisotopic (exact) mass is 517 g/mol. The first-order chi connectivity index (χ1) is 18.0. The summed E-state index contributed by atoms with van der Waals surface area (Å²) in [7, 11) is 2.22. The number of piperazine rings is 1. The van der Waals surface area contributed by atoms with E-state index in [1.807, 2.05) is 0 Å². The van der Waals surface area contributed by atoms with E-state index in [9.17, 15) is 4.79 Å². The van der Waals surface area contributed by atoms with E-state index in [0.29, 0.717) is 30.0 Å². The van der Waals surface area contributed by atoms with Crippen molar-refractivity contribution in [1.82, 2.24) is 36.4 Å². The van der Waals surface area contributed by atoms with Crippen molar-refractivity contribution < 1.29 is 4.79 Å². The maximum Gasteiger partial charge on any atom is 0.223 e. The summed E-state index contributed by atoms with van der Waals surface area (Å²) in [4.78, 5) is 18.3. The van der Waals surface area contributed by atoms with Crippen molar-refractivity contribution >= 4 is 5.91 Å². The molecule has 5 aliphatic rings. The lowest BCUT2D eigenvalue weighted by Crippen LogP contribution is -2.66. The molecule has 0 aromatic carbocycles. The summed E-state index contributed by atoms with van der Waals surface area (Å²) >= 11 is 0. The lowest BCUT2D eigenvalue weighted by Gasteiger charge is -2.43. The lowest BCUT2D eigenvalue weighted by atomic mass is 9.80. The third kappa shape index (κ3) is 7.89. The molecule has 0 radical (unpaired) electrons. The molecule has 3 saturated heterocycles. The van der Waals surface area contributed by atoms with Gasteiger partial charge in [0.25, 0.3) is 0 Å². The minimum absolute atomic E-state index is 0.179. The second kappa shape index (κ2) is 13.5. The van der Waals surface area contributed by atoms with Crippen LogP contribution in [0.25, 0.3) is 0 Å². The molecule has 5 N–H and O–H groups in total. The van der Waals surface area contributed by atoms with Crippen LogP contribution >= 0.6 is 0 Å². The van der Waals surface area contributed by atoms with E-state index >= 15 is 0 Å². The topological polar surface area (TPSA) is 83.7 Å². The van der Waals surface area contributed by atoms with Gasteiger partial charge in [-0.1, -0.05) is 6.92 Å². The molecule has 0 aromatic rings. The van der Waals surface area contributed by atoms with Crippen LogP contribution in [0.2, 0.25) is 0 Å². The second-order valence-electron chi connectivity index (χ2n) is 13.1. The molecule has 37 heavy (non-hydrogen) atoms. The Bertz CT molecular complexity index is 700. The lowest BCUT2D eigenvalue weighted by molar-refractivity contribution is -0.127. The van der Waals surface area contributed by atoms with Gasteiger partial charge in [0.1, 0.15) is 6.29 Å². The Kier molecular flexibility index (Phi) is 10.2. The summed E-state index contributed by atoms with van der Waals surface area (Å²) in [6, 6.07) is 1.34. The molecule has 2 saturated carbocycles. The normalized spacial score (nSPS) is 40.8. The van der Waals surface area contributed by atoms with Gasteiger partial charge in [0, 0.05) is 56.8 Å². The predicted molar refractivity (Wildman–Crippen MR) is 150 cm³/mol. The average Bonchev–Trinajstić information content (AvgIpc) is 2.93. The zero-order valence-electron chi connectivity index (χ0n) is 23.6. The van der Waals surface area contributed by atoms with Crippen molar-refractivity contribution in [3.8, 4) is 0 Å². The number of rotatable bonds is 7. The van der Waals surface area contributed by atoms with Crippen molar-refractivity contribution in [2.75, 3.05) is 59.4 Å². The van der Waals surface area contributed by atoms with Crippen molar-refractivity contribution in [2.24, 2.45) is 23.7 Å². The Morgan fingerprint density at radius 1 is 0.946 bits per heavy atom. The SMILES string of the molecule is CC1CCC(NC(=O)C2CCC(CN3CCN(C)CC3)CC2)CC1NC1NCCC(C2CCCNC2)N1. The van der Waals surface area contributed by atoms with Crippen LogP contribution in [0.1, 0.15) is 71.1 Å². The van der Waals surface area contributed by atoms with E-state index in [2.05, 4.69) is 50.4 Å². The van der Waals surface area contributed by atoms with Crippen LogP contribution < -0.4 is 26.6 Å². The van der Waals surface area contributed by atoms with E-state index in [-0.39, 0.29) is 12.2 Å². The van der Waals surface area contributed by atoms with Crippen LogP contribution in [0.15, 0.2) is 0 Å². The van der Waals surface area contributed by atoms with Gasteiger partial charge >= 0.3 is 0 Å². The van der Waals surface area contributed by atoms with Gasteiger partial charge < -0.3 is 20.4 Å². The summed E-state index contributed by atoms with van der Waals surface area (Å²) in [6.45, 7) is 11.8. The van der Waals surface area contributed by atoms with E-state index in [4.69, 9.17) is 0 Å². The molecule has 5 fully saturated rings. The van der Waals surface area contributed by atoms with Crippen LogP contribution in [-0.2, 0) is 4.79 Å². The van der Waals surface area contributed by atoms with Gasteiger partial charge in [0.15, 0.2) is 0 Å². The van der Waals surface area contributed by atoms with Crippen molar-refractivity contribution in [1.29, 1.82) is 0 Å². The third-order valence-corrected chi connectivity index (χ3v) is 10.3. The molecule has 3 aliphatic heterocycles. The Balaban J connectivity index is 1.03. The molecule has 0 spiro atoms. The van der Waals surface area contributed by atoms with E-state index < -0.39 is 0 Å². The highest BCUT2D eigenvalue weighted by Crippen LogP contribution is 2.31. The number of nitrogens with one attached hydrogen (secondary N) is 5. The zero-order valence-corrected chi connectivity index (χ0v) is 23.6. The fourth-order valence-corrected chi connectivity index (χ4v) is 7.66. The first-order valence-corrected chi connectivity index (χ1v) is 15.7. The largest absolute Gasteiger partial charge is 0.353 e. The zero-order chi connectivity index (χ0) is 25.6. The molecule has 8 nitrogen and oxygen atoms in total. The minimum Gasteiger partial charge on any atom is -0.353 e. The van der Waals surface area contributed by atoms with Crippen molar-refractivity contribution in [3.63, 3.8) is 0 Å². The Hall–Kier alpha value is -0.770. The first-order valence-electron chi connectivity index (χ1n) is 15.7. The van der Waals surface area contributed by atoms with Gasteiger partial charge in [-0.2, -0.15) is 0 Å². The summed E-state index contributed by atoms with van der Waals surface area (Å²) in [5.74, 6) is 2.71. The molecule has 0 bridgehead atoms. The van der Waals surface area contributed by atoms with Gasteiger partial charge in [-0.25, -0.2) is 0 Å². The first kappa shape index (κ1) is 27.8. The number of carbonyl (C=O) groups is 1. The molecule has 6 unspecified atom stereocenters. The summed E-state index contributed by atoms with van der Waals surface area (Å²) in [6.07, 6.45) is 11.9. The molecule has 8 heteroatoms. The van der Waals surface area contributed by atoms with Crippen LogP contribution in [0.4, 0.5) is 0 Å². The molecule has 5 rings (SSSR count). The number of nitrogens with zero attached hydrogens (tertiary/aromatic N) is 2.